The lowest BCUT2D eigenvalue weighted by molar-refractivity contribution is 0.169. The maximum Gasteiger partial charge on any atom is 0.123 e. The van der Waals surface area contributed by atoms with Crippen LogP contribution in [0.15, 0.2) is 46.2 Å². The predicted octanol–water partition coefficient (Wildman–Crippen LogP) is 6.34. The van der Waals surface area contributed by atoms with Gasteiger partial charge in [0.05, 0.1) is 6.10 Å². The molecule has 1 fully saturated rings. The summed E-state index contributed by atoms with van der Waals surface area (Å²) in [6.07, 6.45) is 2.69. The van der Waals surface area contributed by atoms with E-state index in [9.17, 15) is 9.50 Å². The third-order valence-electron chi connectivity index (χ3n) is 5.62. The molecular formula is C24H31FINOS. The van der Waals surface area contributed by atoms with Gasteiger partial charge in [-0.25, -0.2) is 4.39 Å². The fourth-order valence-corrected chi connectivity index (χ4v) is 6.06. The first-order valence-corrected chi connectivity index (χ1v) is 12.5. The number of benzene rings is 2. The highest BCUT2D eigenvalue weighted by Crippen LogP contribution is 2.44. The normalized spacial score (nSPS) is 22.1. The average Bonchev–Trinajstić information content (AvgIpc) is 3.04. The highest BCUT2D eigenvalue weighted by atomic mass is 127. The van der Waals surface area contributed by atoms with Crippen LogP contribution in [0.2, 0.25) is 0 Å². The monoisotopic (exact) mass is 527 g/mol. The molecule has 0 amide bonds. The number of likely N-dealkylation sites (tertiary alicyclic amines) is 1. The van der Waals surface area contributed by atoms with Gasteiger partial charge >= 0.3 is 0 Å². The number of hydrogen-bond donors (Lipinski definition) is 1. The Kier molecular flexibility index (Phi) is 8.42. The molecule has 29 heavy (non-hydrogen) atoms. The number of aliphatic hydroxyl groups is 1. The smallest absolute Gasteiger partial charge is 0.123 e. The number of β-amino-alcohol motifs (C(OH)–C–C–N with tert-alkyl or cyclic N) is 1. The Morgan fingerprint density at radius 3 is 2.69 bits per heavy atom. The summed E-state index contributed by atoms with van der Waals surface area (Å²) < 4.78 is 15.1. The Morgan fingerprint density at radius 1 is 1.21 bits per heavy atom. The first kappa shape index (κ1) is 23.0. The molecule has 4 rings (SSSR count). The minimum atomic E-state index is -0.163. The van der Waals surface area contributed by atoms with E-state index in [1.807, 2.05) is 19.9 Å². The third kappa shape index (κ3) is 5.96. The van der Waals surface area contributed by atoms with E-state index in [0.29, 0.717) is 11.8 Å². The molecule has 1 N–H and O–H groups in total. The minimum absolute atomic E-state index is 0.146. The van der Waals surface area contributed by atoms with Crippen LogP contribution in [0.5, 0.6) is 0 Å². The summed E-state index contributed by atoms with van der Waals surface area (Å²) in [7, 11) is 0. The number of hydrogen-bond acceptors (Lipinski definition) is 3. The molecule has 1 saturated heterocycles. The van der Waals surface area contributed by atoms with Crippen molar-refractivity contribution in [2.24, 2.45) is 5.92 Å². The van der Waals surface area contributed by atoms with Gasteiger partial charge in [0.2, 0.25) is 0 Å². The van der Waals surface area contributed by atoms with E-state index < -0.39 is 0 Å². The number of nitrogens with zero attached hydrogens (tertiary/aromatic N) is 1. The van der Waals surface area contributed by atoms with Crippen molar-refractivity contribution < 1.29 is 9.50 Å². The molecular weight excluding hydrogens is 496 g/mol. The standard InChI is InChI=1S/C22H25FINOS.C2H6/c1-14(12-25-7-6-19(26)13-25)8-15-9-16-10-17(23)2-4-21(16)27-22-5-3-18(24)11-20(15)22;1-2/h2-5,10-11,14-15,19,26H,6-9,12-13H2,1H3;1-2H3/t14-,15-,19?;/m0./s1. The van der Waals surface area contributed by atoms with E-state index in [1.165, 1.54) is 18.9 Å². The van der Waals surface area contributed by atoms with Crippen molar-refractivity contribution in [3.8, 4) is 0 Å². The maximum atomic E-state index is 13.9. The number of halogens is 2. The first-order chi connectivity index (χ1) is 14.0. The van der Waals surface area contributed by atoms with Crippen molar-refractivity contribution in [2.75, 3.05) is 19.6 Å². The first-order valence-electron chi connectivity index (χ1n) is 10.6. The van der Waals surface area contributed by atoms with Gasteiger partial charge in [0, 0.05) is 33.0 Å². The Bertz CT molecular complexity index is 831. The van der Waals surface area contributed by atoms with Gasteiger partial charge in [0.25, 0.3) is 0 Å². The lowest BCUT2D eigenvalue weighted by Crippen LogP contribution is -2.28. The van der Waals surface area contributed by atoms with Gasteiger partial charge in [-0.2, -0.15) is 0 Å². The molecule has 2 aromatic rings. The molecule has 5 heteroatoms. The van der Waals surface area contributed by atoms with Crippen LogP contribution in [0.1, 0.15) is 50.7 Å². The zero-order valence-corrected chi connectivity index (χ0v) is 20.5. The van der Waals surface area contributed by atoms with Crippen LogP contribution in [-0.2, 0) is 6.42 Å². The molecule has 158 valence electrons. The molecule has 0 spiro atoms. The lowest BCUT2D eigenvalue weighted by atomic mass is 9.84. The zero-order chi connectivity index (χ0) is 21.0. The quantitative estimate of drug-likeness (QED) is 0.470. The fraction of sp³-hybridized carbons (Fsp3) is 0.500. The van der Waals surface area contributed by atoms with E-state index in [0.717, 1.165) is 44.5 Å². The van der Waals surface area contributed by atoms with Crippen molar-refractivity contribution in [3.63, 3.8) is 0 Å². The molecule has 1 unspecified atom stereocenters. The Labute approximate surface area is 192 Å². The molecule has 3 atom stereocenters. The fourth-order valence-electron chi connectivity index (χ4n) is 4.42. The molecule has 2 nitrogen and oxygen atoms in total. The summed E-state index contributed by atoms with van der Waals surface area (Å²) in [5.74, 6) is 0.784. The van der Waals surface area contributed by atoms with Crippen LogP contribution in [0.25, 0.3) is 0 Å². The van der Waals surface area contributed by atoms with Crippen LogP contribution < -0.4 is 0 Å². The van der Waals surface area contributed by atoms with Gasteiger partial charge in [-0.1, -0.05) is 32.5 Å². The van der Waals surface area contributed by atoms with Gasteiger partial charge in [-0.15, -0.1) is 0 Å². The van der Waals surface area contributed by atoms with E-state index in [1.54, 1.807) is 23.9 Å². The average molecular weight is 527 g/mol. The molecule has 2 aliphatic rings. The Balaban J connectivity index is 0.00000117. The van der Waals surface area contributed by atoms with Gasteiger partial charge in [0.15, 0.2) is 0 Å². The molecule has 2 aromatic carbocycles. The van der Waals surface area contributed by atoms with E-state index in [-0.39, 0.29) is 11.9 Å². The zero-order valence-electron chi connectivity index (χ0n) is 17.5. The Morgan fingerprint density at radius 2 is 1.97 bits per heavy atom. The molecule has 0 bridgehead atoms. The topological polar surface area (TPSA) is 23.5 Å². The van der Waals surface area contributed by atoms with E-state index in [4.69, 9.17) is 0 Å². The van der Waals surface area contributed by atoms with Crippen molar-refractivity contribution in [3.05, 3.63) is 56.9 Å². The second-order valence-corrected chi connectivity index (χ2v) is 10.3. The van der Waals surface area contributed by atoms with Gasteiger partial charge in [-0.3, -0.25) is 0 Å². The van der Waals surface area contributed by atoms with Crippen molar-refractivity contribution in [1.82, 2.24) is 4.90 Å². The second kappa shape index (κ2) is 10.6. The van der Waals surface area contributed by atoms with Crippen LogP contribution in [-0.4, -0.2) is 35.7 Å². The van der Waals surface area contributed by atoms with Gasteiger partial charge in [0.1, 0.15) is 5.82 Å². The van der Waals surface area contributed by atoms with E-state index in [2.05, 4.69) is 52.6 Å². The Hall–Kier alpha value is -0.630. The minimum Gasteiger partial charge on any atom is -0.392 e. The summed E-state index contributed by atoms with van der Waals surface area (Å²) in [6.45, 7) is 9.13. The summed E-state index contributed by atoms with van der Waals surface area (Å²) in [5, 5.41) is 9.79. The second-order valence-electron chi connectivity index (χ2n) is 7.98. The van der Waals surface area contributed by atoms with Crippen molar-refractivity contribution >= 4 is 34.4 Å². The number of aliphatic hydroxyl groups excluding tert-OH is 1. The van der Waals surface area contributed by atoms with Crippen LogP contribution in [0, 0.1) is 15.3 Å². The highest BCUT2D eigenvalue weighted by Gasteiger charge is 2.27. The van der Waals surface area contributed by atoms with Gasteiger partial charge < -0.3 is 10.0 Å². The summed E-state index contributed by atoms with van der Waals surface area (Å²) >= 11 is 4.16. The van der Waals surface area contributed by atoms with Crippen LogP contribution in [0.4, 0.5) is 4.39 Å². The van der Waals surface area contributed by atoms with E-state index >= 15 is 0 Å². The molecule has 2 heterocycles. The van der Waals surface area contributed by atoms with Crippen LogP contribution >= 0.6 is 34.4 Å². The third-order valence-corrected chi connectivity index (χ3v) is 7.51. The molecule has 0 radical (unpaired) electrons. The number of fused-ring (bicyclic) bond motifs is 2. The molecule has 0 aliphatic carbocycles. The summed E-state index contributed by atoms with van der Waals surface area (Å²) in [6, 6.07) is 11.9. The molecule has 0 saturated carbocycles. The molecule has 0 aromatic heterocycles. The summed E-state index contributed by atoms with van der Waals surface area (Å²) in [4.78, 5) is 4.86. The number of rotatable bonds is 4. The maximum absolute atomic E-state index is 13.9. The van der Waals surface area contributed by atoms with Crippen LogP contribution in [0.3, 0.4) is 0 Å². The SMILES string of the molecule is CC.C[C@@H](C[C@H]1Cc2cc(F)ccc2Sc2ccc(I)cc21)CN1CCC(O)C1. The highest BCUT2D eigenvalue weighted by molar-refractivity contribution is 14.1. The van der Waals surface area contributed by atoms with Crippen molar-refractivity contribution in [1.29, 1.82) is 0 Å². The lowest BCUT2D eigenvalue weighted by Gasteiger charge is -2.25. The largest absolute Gasteiger partial charge is 0.392 e. The summed E-state index contributed by atoms with van der Waals surface area (Å²) in [5.41, 5.74) is 2.52. The van der Waals surface area contributed by atoms with Crippen molar-refractivity contribution in [2.45, 2.75) is 61.8 Å². The van der Waals surface area contributed by atoms with Gasteiger partial charge in [-0.05, 0) is 101 Å². The molecule has 2 aliphatic heterocycles. The predicted molar refractivity (Wildman–Crippen MR) is 128 cm³/mol.